The molecular formula is C9H6ClF3O2. The van der Waals surface area contributed by atoms with Gasteiger partial charge in [-0.15, -0.1) is 0 Å². The average molecular weight is 239 g/mol. The second kappa shape index (κ2) is 4.10. The monoisotopic (exact) mass is 238 g/mol. The highest BCUT2D eigenvalue weighted by Gasteiger charge is 2.26. The molecule has 82 valence electrons. The maximum absolute atomic E-state index is 13.2. The normalized spacial score (nSPS) is 10.3. The summed E-state index contributed by atoms with van der Waals surface area (Å²) >= 11 is 5.37. The summed E-state index contributed by atoms with van der Waals surface area (Å²) in [5, 5.41) is -0.779. The molecule has 6 heteroatoms. The van der Waals surface area contributed by atoms with Gasteiger partial charge in [0.05, 0.1) is 12.1 Å². The number of carbonyl (C=O) groups is 1. The van der Waals surface area contributed by atoms with Crippen LogP contribution in [0.5, 0.6) is 0 Å². The van der Waals surface area contributed by atoms with Crippen LogP contribution < -0.4 is 0 Å². The van der Waals surface area contributed by atoms with Crippen LogP contribution in [0.2, 0.25) is 5.02 Å². The van der Waals surface area contributed by atoms with E-state index in [2.05, 4.69) is 4.74 Å². The Bertz CT molecular complexity index is 403. The van der Waals surface area contributed by atoms with Gasteiger partial charge in [0, 0.05) is 5.56 Å². The molecule has 0 saturated carbocycles. The van der Waals surface area contributed by atoms with E-state index in [9.17, 15) is 18.0 Å². The number of esters is 1. The molecule has 1 aromatic carbocycles. The second-order valence-corrected chi connectivity index (χ2v) is 3.13. The Hall–Kier alpha value is -1.23. The minimum Gasteiger partial charge on any atom is -0.465 e. The van der Waals surface area contributed by atoms with Crippen LogP contribution in [0.1, 0.15) is 15.9 Å². The van der Waals surface area contributed by atoms with Crippen molar-refractivity contribution in [2.24, 2.45) is 0 Å². The molecule has 0 aromatic heterocycles. The van der Waals surface area contributed by atoms with E-state index in [-0.39, 0.29) is 0 Å². The summed E-state index contributed by atoms with van der Waals surface area (Å²) in [7, 11) is 0.952. The number of hydrogen-bond acceptors (Lipinski definition) is 2. The van der Waals surface area contributed by atoms with Crippen LogP contribution in [0.4, 0.5) is 13.2 Å². The molecule has 1 aromatic rings. The molecule has 0 aliphatic rings. The van der Waals surface area contributed by atoms with Crippen LogP contribution in [-0.4, -0.2) is 13.1 Å². The lowest BCUT2D eigenvalue weighted by Crippen LogP contribution is -2.10. The number of rotatable bonds is 1. The van der Waals surface area contributed by atoms with Crippen molar-refractivity contribution in [1.82, 2.24) is 0 Å². The molecule has 0 aliphatic carbocycles. The van der Waals surface area contributed by atoms with E-state index in [4.69, 9.17) is 11.6 Å². The number of hydrogen-bond donors (Lipinski definition) is 0. The molecule has 0 aliphatic heterocycles. The van der Waals surface area contributed by atoms with Gasteiger partial charge < -0.3 is 4.74 Å². The van der Waals surface area contributed by atoms with Gasteiger partial charge in [0.1, 0.15) is 11.4 Å². The molecule has 0 spiro atoms. The SMILES string of the molecule is COC(=O)c1c(F)c(F)c(C)c(F)c1Cl. The molecule has 15 heavy (non-hydrogen) atoms. The average Bonchev–Trinajstić information content (AvgIpc) is 2.23. The summed E-state index contributed by atoms with van der Waals surface area (Å²) in [5.41, 5.74) is -1.51. The maximum Gasteiger partial charge on any atom is 0.342 e. The van der Waals surface area contributed by atoms with Crippen molar-refractivity contribution in [1.29, 1.82) is 0 Å². The van der Waals surface area contributed by atoms with E-state index in [1.807, 2.05) is 0 Å². The van der Waals surface area contributed by atoms with Gasteiger partial charge in [-0.25, -0.2) is 18.0 Å². The second-order valence-electron chi connectivity index (χ2n) is 2.75. The predicted octanol–water partition coefficient (Wildman–Crippen LogP) is 2.85. The molecule has 0 fully saturated rings. The van der Waals surface area contributed by atoms with Crippen LogP contribution in [0.15, 0.2) is 0 Å². The van der Waals surface area contributed by atoms with Gasteiger partial charge in [-0.3, -0.25) is 0 Å². The lowest BCUT2D eigenvalue weighted by molar-refractivity contribution is 0.0593. The molecule has 0 heterocycles. The zero-order valence-corrected chi connectivity index (χ0v) is 8.58. The Labute approximate surface area is 88.6 Å². The summed E-state index contributed by atoms with van der Waals surface area (Å²) in [6.45, 7) is 1.01. The van der Waals surface area contributed by atoms with Gasteiger partial charge >= 0.3 is 5.97 Å². The quantitative estimate of drug-likeness (QED) is 0.556. The molecule has 0 atom stereocenters. The molecule has 0 amide bonds. The molecule has 0 saturated heterocycles. The van der Waals surface area contributed by atoms with E-state index in [1.165, 1.54) is 0 Å². The Balaban J connectivity index is 3.60. The Morgan fingerprint density at radius 1 is 1.20 bits per heavy atom. The molecular weight excluding hydrogens is 233 g/mol. The van der Waals surface area contributed by atoms with Crippen LogP contribution in [0.3, 0.4) is 0 Å². The third kappa shape index (κ3) is 1.79. The first-order valence-electron chi connectivity index (χ1n) is 3.82. The van der Waals surface area contributed by atoms with Crippen molar-refractivity contribution >= 4 is 17.6 Å². The highest BCUT2D eigenvalue weighted by molar-refractivity contribution is 6.33. The zero-order chi connectivity index (χ0) is 11.7. The van der Waals surface area contributed by atoms with Crippen molar-refractivity contribution < 1.29 is 22.7 Å². The van der Waals surface area contributed by atoms with Gasteiger partial charge in [-0.1, -0.05) is 11.6 Å². The Morgan fingerprint density at radius 3 is 2.20 bits per heavy atom. The first kappa shape index (κ1) is 11.8. The van der Waals surface area contributed by atoms with Crippen molar-refractivity contribution in [3.05, 3.63) is 33.6 Å². The van der Waals surface area contributed by atoms with Gasteiger partial charge in [-0.05, 0) is 6.92 Å². The first-order valence-corrected chi connectivity index (χ1v) is 4.20. The standard InChI is InChI=1S/C9H6ClF3O2/c1-3-6(11)5(10)4(9(14)15-2)8(13)7(3)12/h1-2H3. The first-order chi connectivity index (χ1) is 6.91. The van der Waals surface area contributed by atoms with Crippen LogP contribution in [0, 0.1) is 24.4 Å². The molecule has 1 rings (SSSR count). The lowest BCUT2D eigenvalue weighted by Gasteiger charge is -2.08. The zero-order valence-electron chi connectivity index (χ0n) is 7.83. The van der Waals surface area contributed by atoms with Crippen molar-refractivity contribution in [2.45, 2.75) is 6.92 Å². The predicted molar refractivity (Wildman–Crippen MR) is 47.4 cm³/mol. The van der Waals surface area contributed by atoms with E-state index >= 15 is 0 Å². The van der Waals surface area contributed by atoms with Gasteiger partial charge in [0.25, 0.3) is 0 Å². The maximum atomic E-state index is 13.2. The fourth-order valence-electron chi connectivity index (χ4n) is 1.02. The van der Waals surface area contributed by atoms with E-state index < -0.39 is 39.6 Å². The number of ether oxygens (including phenoxy) is 1. The molecule has 0 unspecified atom stereocenters. The summed E-state index contributed by atoms with van der Waals surface area (Å²) in [6, 6.07) is 0. The fourth-order valence-corrected chi connectivity index (χ4v) is 1.32. The third-order valence-corrected chi connectivity index (χ3v) is 2.23. The van der Waals surface area contributed by atoms with Crippen molar-refractivity contribution in [3.63, 3.8) is 0 Å². The van der Waals surface area contributed by atoms with Crippen LogP contribution >= 0.6 is 11.6 Å². The molecule has 2 nitrogen and oxygen atoms in total. The number of carbonyl (C=O) groups excluding carboxylic acids is 1. The third-order valence-electron chi connectivity index (χ3n) is 1.87. The molecule has 0 radical (unpaired) electrons. The lowest BCUT2D eigenvalue weighted by atomic mass is 10.1. The summed E-state index contributed by atoms with van der Waals surface area (Å²) in [4.78, 5) is 11.0. The number of methoxy groups -OCH3 is 1. The van der Waals surface area contributed by atoms with Crippen LogP contribution in [0.25, 0.3) is 0 Å². The van der Waals surface area contributed by atoms with E-state index in [0.717, 1.165) is 14.0 Å². The summed E-state index contributed by atoms with van der Waals surface area (Å²) in [6.07, 6.45) is 0. The highest BCUT2D eigenvalue weighted by atomic mass is 35.5. The molecule has 0 N–H and O–H groups in total. The minimum absolute atomic E-state index is 0.579. The number of benzene rings is 1. The van der Waals surface area contributed by atoms with Crippen LogP contribution in [-0.2, 0) is 4.74 Å². The summed E-state index contributed by atoms with van der Waals surface area (Å²) < 4.78 is 43.6. The molecule has 0 bridgehead atoms. The van der Waals surface area contributed by atoms with E-state index in [1.54, 1.807) is 0 Å². The van der Waals surface area contributed by atoms with Gasteiger partial charge in [-0.2, -0.15) is 0 Å². The Morgan fingerprint density at radius 2 is 1.73 bits per heavy atom. The Kier molecular flexibility index (Phi) is 3.24. The number of halogens is 4. The van der Waals surface area contributed by atoms with Crippen molar-refractivity contribution in [3.8, 4) is 0 Å². The topological polar surface area (TPSA) is 26.3 Å². The minimum atomic E-state index is -1.51. The van der Waals surface area contributed by atoms with Gasteiger partial charge in [0.15, 0.2) is 11.6 Å². The largest absolute Gasteiger partial charge is 0.465 e. The van der Waals surface area contributed by atoms with E-state index in [0.29, 0.717) is 0 Å². The highest BCUT2D eigenvalue weighted by Crippen LogP contribution is 2.28. The smallest absolute Gasteiger partial charge is 0.342 e. The van der Waals surface area contributed by atoms with Crippen molar-refractivity contribution in [2.75, 3.05) is 7.11 Å². The van der Waals surface area contributed by atoms with Gasteiger partial charge in [0.2, 0.25) is 0 Å². The fraction of sp³-hybridized carbons (Fsp3) is 0.222. The summed E-state index contributed by atoms with van der Waals surface area (Å²) in [5.74, 6) is -5.35.